The highest BCUT2D eigenvalue weighted by Gasteiger charge is 2.12. The van der Waals surface area contributed by atoms with E-state index in [4.69, 9.17) is 44.1 Å². The molecule has 0 atom stereocenters. The van der Waals surface area contributed by atoms with Crippen LogP contribution in [0.15, 0.2) is 45.0 Å². The summed E-state index contributed by atoms with van der Waals surface area (Å²) in [4.78, 5) is 0. The number of benzene rings is 2. The van der Waals surface area contributed by atoms with Crippen molar-refractivity contribution in [3.05, 3.63) is 56.0 Å². The van der Waals surface area contributed by atoms with Gasteiger partial charge >= 0.3 is 0 Å². The summed E-state index contributed by atoms with van der Waals surface area (Å²) in [5.41, 5.74) is 12.0. The summed E-state index contributed by atoms with van der Waals surface area (Å²) in [5, 5.41) is 8.41. The summed E-state index contributed by atoms with van der Waals surface area (Å²) in [6.45, 7) is 0.256. The van der Waals surface area contributed by atoms with Gasteiger partial charge in [-0.25, -0.2) is 0 Å². The predicted octanol–water partition coefficient (Wildman–Crippen LogP) is 3.95. The minimum atomic E-state index is -0.123. The topological polar surface area (TPSA) is 95.2 Å². The molecule has 0 aliphatic heterocycles. The number of ether oxygens (including phenoxy) is 2. The number of hydrogen-bond donors (Lipinski definition) is 2. The Morgan fingerprint density at radius 3 is 2.64 bits per heavy atom. The molecule has 132 valence electrons. The minimum absolute atomic E-state index is 0.123. The summed E-state index contributed by atoms with van der Waals surface area (Å²) < 4.78 is 11.9. The predicted molar refractivity (Wildman–Crippen MR) is 105 cm³/mol. The van der Waals surface area contributed by atoms with Crippen molar-refractivity contribution < 1.29 is 9.47 Å². The first-order valence-corrected chi connectivity index (χ1v) is 8.52. The SMILES string of the molecule is COc1cc(/C=N/N=C(N)N)cc(Br)c1OCc1ccc(Cl)cc1Cl. The summed E-state index contributed by atoms with van der Waals surface area (Å²) >= 11 is 15.5. The second-order valence-corrected chi connectivity index (χ2v) is 6.53. The van der Waals surface area contributed by atoms with E-state index in [-0.39, 0.29) is 12.6 Å². The largest absolute Gasteiger partial charge is 0.493 e. The molecule has 0 fully saturated rings. The van der Waals surface area contributed by atoms with Crippen molar-refractivity contribution in [2.24, 2.45) is 21.7 Å². The first-order valence-electron chi connectivity index (χ1n) is 6.97. The lowest BCUT2D eigenvalue weighted by Crippen LogP contribution is -2.21. The summed E-state index contributed by atoms with van der Waals surface area (Å²) in [7, 11) is 1.54. The second kappa shape index (κ2) is 8.94. The van der Waals surface area contributed by atoms with Gasteiger partial charge in [-0.05, 0) is 45.8 Å². The lowest BCUT2D eigenvalue weighted by Gasteiger charge is -2.14. The fourth-order valence-electron chi connectivity index (χ4n) is 1.91. The summed E-state index contributed by atoms with van der Waals surface area (Å²) in [6.07, 6.45) is 1.49. The molecule has 0 saturated carbocycles. The Morgan fingerprint density at radius 2 is 2.00 bits per heavy atom. The van der Waals surface area contributed by atoms with E-state index in [2.05, 4.69) is 26.1 Å². The molecule has 2 rings (SSSR count). The van der Waals surface area contributed by atoms with Crippen LogP contribution in [0.4, 0.5) is 0 Å². The van der Waals surface area contributed by atoms with Gasteiger partial charge in [-0.1, -0.05) is 29.3 Å². The Morgan fingerprint density at radius 1 is 1.24 bits per heavy atom. The fourth-order valence-corrected chi connectivity index (χ4v) is 2.94. The third-order valence-corrected chi connectivity index (χ3v) is 4.19. The average molecular weight is 446 g/mol. The molecular weight excluding hydrogens is 431 g/mol. The van der Waals surface area contributed by atoms with Crippen LogP contribution < -0.4 is 20.9 Å². The maximum absolute atomic E-state index is 6.16. The van der Waals surface area contributed by atoms with Crippen LogP contribution in [0.3, 0.4) is 0 Å². The minimum Gasteiger partial charge on any atom is -0.493 e. The molecule has 0 bridgehead atoms. The molecule has 0 radical (unpaired) electrons. The molecule has 0 amide bonds. The van der Waals surface area contributed by atoms with Crippen LogP contribution in [0, 0.1) is 0 Å². The maximum atomic E-state index is 6.16. The number of methoxy groups -OCH3 is 1. The smallest absolute Gasteiger partial charge is 0.211 e. The third kappa shape index (κ3) is 5.52. The molecule has 0 spiro atoms. The van der Waals surface area contributed by atoms with Crippen LogP contribution >= 0.6 is 39.1 Å². The Bertz CT molecular complexity index is 824. The van der Waals surface area contributed by atoms with Crippen molar-refractivity contribution in [2.75, 3.05) is 7.11 Å². The number of halogens is 3. The van der Waals surface area contributed by atoms with E-state index in [1.54, 1.807) is 37.4 Å². The standard InChI is InChI=1S/C16H15BrCl2N4O2/c1-24-14-5-9(7-22-23-16(20)21)4-12(17)15(14)25-8-10-2-3-11(18)6-13(10)19/h2-7H,8H2,1H3,(H4,20,21,23)/b22-7+. The van der Waals surface area contributed by atoms with Crippen LogP contribution in [-0.4, -0.2) is 19.3 Å². The van der Waals surface area contributed by atoms with Crippen molar-refractivity contribution in [3.63, 3.8) is 0 Å². The van der Waals surface area contributed by atoms with E-state index < -0.39 is 0 Å². The van der Waals surface area contributed by atoms with Gasteiger partial charge < -0.3 is 20.9 Å². The van der Waals surface area contributed by atoms with Gasteiger partial charge in [0.15, 0.2) is 11.5 Å². The van der Waals surface area contributed by atoms with E-state index in [9.17, 15) is 0 Å². The number of rotatable bonds is 6. The quantitative estimate of drug-likeness (QED) is 0.399. The van der Waals surface area contributed by atoms with Gasteiger partial charge in [-0.2, -0.15) is 5.10 Å². The molecule has 0 aromatic heterocycles. The molecule has 0 aliphatic carbocycles. The molecule has 0 unspecified atom stereocenters. The highest BCUT2D eigenvalue weighted by molar-refractivity contribution is 9.10. The Labute approximate surface area is 163 Å². The van der Waals surface area contributed by atoms with E-state index in [1.165, 1.54) is 6.21 Å². The van der Waals surface area contributed by atoms with Gasteiger partial charge in [0.1, 0.15) is 6.61 Å². The zero-order chi connectivity index (χ0) is 18.4. The van der Waals surface area contributed by atoms with Gasteiger partial charge in [0.25, 0.3) is 0 Å². The highest BCUT2D eigenvalue weighted by Crippen LogP contribution is 2.37. The van der Waals surface area contributed by atoms with Crippen LogP contribution in [-0.2, 0) is 6.61 Å². The van der Waals surface area contributed by atoms with Crippen molar-refractivity contribution in [3.8, 4) is 11.5 Å². The van der Waals surface area contributed by atoms with Gasteiger partial charge in [0.2, 0.25) is 5.96 Å². The number of nitrogens with zero attached hydrogens (tertiary/aromatic N) is 2. The molecule has 6 nitrogen and oxygen atoms in total. The highest BCUT2D eigenvalue weighted by atomic mass is 79.9. The zero-order valence-corrected chi connectivity index (χ0v) is 16.3. The van der Waals surface area contributed by atoms with Gasteiger partial charge in [-0.15, -0.1) is 5.10 Å². The van der Waals surface area contributed by atoms with E-state index in [0.29, 0.717) is 26.0 Å². The first-order chi connectivity index (χ1) is 11.9. The van der Waals surface area contributed by atoms with Crippen molar-refractivity contribution in [2.45, 2.75) is 6.61 Å². The van der Waals surface area contributed by atoms with Crippen molar-refractivity contribution in [1.82, 2.24) is 0 Å². The number of hydrogen-bond acceptors (Lipinski definition) is 4. The molecule has 25 heavy (non-hydrogen) atoms. The van der Waals surface area contributed by atoms with Gasteiger partial charge in [0.05, 0.1) is 17.8 Å². The average Bonchev–Trinajstić information content (AvgIpc) is 2.54. The number of nitrogens with two attached hydrogens (primary N) is 2. The van der Waals surface area contributed by atoms with Crippen molar-refractivity contribution in [1.29, 1.82) is 0 Å². The first kappa shape index (κ1) is 19.4. The molecule has 0 saturated heterocycles. The molecule has 4 N–H and O–H groups in total. The Balaban J connectivity index is 2.22. The Kier molecular flexibility index (Phi) is 6.92. The normalized spacial score (nSPS) is 10.7. The van der Waals surface area contributed by atoms with Crippen LogP contribution in [0.2, 0.25) is 10.0 Å². The third-order valence-electron chi connectivity index (χ3n) is 3.02. The van der Waals surface area contributed by atoms with Gasteiger partial charge in [-0.3, -0.25) is 0 Å². The summed E-state index contributed by atoms with van der Waals surface area (Å²) in [6, 6.07) is 8.77. The molecule has 2 aromatic rings. The van der Waals surface area contributed by atoms with E-state index in [1.807, 2.05) is 0 Å². The number of guanidine groups is 1. The van der Waals surface area contributed by atoms with E-state index >= 15 is 0 Å². The monoisotopic (exact) mass is 444 g/mol. The maximum Gasteiger partial charge on any atom is 0.211 e. The van der Waals surface area contributed by atoms with Crippen molar-refractivity contribution >= 4 is 51.3 Å². The van der Waals surface area contributed by atoms with Gasteiger partial charge in [0, 0.05) is 15.6 Å². The lowest BCUT2D eigenvalue weighted by molar-refractivity contribution is 0.282. The Hall–Kier alpha value is -1.96. The fraction of sp³-hybridized carbons (Fsp3) is 0.125. The van der Waals surface area contributed by atoms with Crippen LogP contribution in [0.25, 0.3) is 0 Å². The van der Waals surface area contributed by atoms with Crippen LogP contribution in [0.5, 0.6) is 11.5 Å². The second-order valence-electron chi connectivity index (χ2n) is 4.83. The molecule has 0 heterocycles. The zero-order valence-electron chi connectivity index (χ0n) is 13.2. The lowest BCUT2D eigenvalue weighted by atomic mass is 10.2. The van der Waals surface area contributed by atoms with E-state index in [0.717, 1.165) is 11.1 Å². The molecular formula is C16H15BrCl2N4O2. The molecule has 9 heteroatoms. The summed E-state index contributed by atoms with van der Waals surface area (Å²) in [5.74, 6) is 0.931. The molecule has 2 aromatic carbocycles. The van der Waals surface area contributed by atoms with Crippen LogP contribution in [0.1, 0.15) is 11.1 Å². The molecule has 0 aliphatic rings.